The molecule has 376 valence electrons. The van der Waals surface area contributed by atoms with Gasteiger partial charge >= 0.3 is 19.8 Å². The van der Waals surface area contributed by atoms with E-state index in [4.69, 9.17) is 24.3 Å². The van der Waals surface area contributed by atoms with Crippen LogP contribution in [0.4, 0.5) is 0 Å². The van der Waals surface area contributed by atoms with Crippen LogP contribution in [0.15, 0.2) is 109 Å². The molecule has 0 saturated heterocycles. The van der Waals surface area contributed by atoms with Crippen molar-refractivity contribution in [3.05, 3.63) is 109 Å². The molecule has 2 atom stereocenters. The molecule has 9 nitrogen and oxygen atoms in total. The van der Waals surface area contributed by atoms with Gasteiger partial charge in [0.1, 0.15) is 6.61 Å². The third-order valence-corrected chi connectivity index (χ3v) is 11.4. The number of carbonyl (C=O) groups excluding carboxylic acids is 2. The summed E-state index contributed by atoms with van der Waals surface area (Å²) in [7, 11) is -4.39. The van der Waals surface area contributed by atoms with Crippen molar-refractivity contribution in [3.63, 3.8) is 0 Å². The third kappa shape index (κ3) is 50.1. The Morgan fingerprint density at radius 2 is 0.833 bits per heavy atom. The summed E-state index contributed by atoms with van der Waals surface area (Å²) in [6.07, 6.45) is 68.5. The predicted molar refractivity (Wildman–Crippen MR) is 279 cm³/mol. The molecule has 0 saturated carbocycles. The van der Waals surface area contributed by atoms with E-state index in [1.165, 1.54) is 57.8 Å². The zero-order valence-corrected chi connectivity index (χ0v) is 42.5. The summed E-state index contributed by atoms with van der Waals surface area (Å²) in [6, 6.07) is 0. The van der Waals surface area contributed by atoms with Crippen molar-refractivity contribution >= 4 is 19.8 Å². The average Bonchev–Trinajstić information content (AvgIpc) is 3.31. The summed E-state index contributed by atoms with van der Waals surface area (Å²) >= 11 is 0. The molecule has 0 radical (unpaired) electrons. The molecular formula is C56H94NO8P. The summed E-state index contributed by atoms with van der Waals surface area (Å²) in [5.74, 6) is -0.856. The van der Waals surface area contributed by atoms with E-state index in [1.807, 2.05) is 0 Å². The van der Waals surface area contributed by atoms with Crippen LogP contribution in [-0.4, -0.2) is 49.3 Å². The topological polar surface area (TPSA) is 134 Å². The predicted octanol–water partition coefficient (Wildman–Crippen LogP) is 15.9. The van der Waals surface area contributed by atoms with Crippen molar-refractivity contribution in [2.24, 2.45) is 5.73 Å². The van der Waals surface area contributed by atoms with Crippen LogP contribution < -0.4 is 5.73 Å². The molecule has 0 aromatic carbocycles. The van der Waals surface area contributed by atoms with Gasteiger partial charge in [-0.1, -0.05) is 213 Å². The number of phosphoric acid groups is 1. The normalized spacial score (nSPS) is 14.1. The molecule has 0 amide bonds. The largest absolute Gasteiger partial charge is 0.472 e. The second-order valence-corrected chi connectivity index (χ2v) is 18.1. The highest BCUT2D eigenvalue weighted by Crippen LogP contribution is 2.43. The van der Waals surface area contributed by atoms with Gasteiger partial charge in [-0.15, -0.1) is 0 Å². The molecule has 66 heavy (non-hydrogen) atoms. The van der Waals surface area contributed by atoms with Crippen LogP contribution in [0.1, 0.15) is 200 Å². The van der Waals surface area contributed by atoms with Crippen molar-refractivity contribution in [2.45, 2.75) is 206 Å². The van der Waals surface area contributed by atoms with Crippen LogP contribution >= 0.6 is 7.82 Å². The minimum absolute atomic E-state index is 0.0453. The molecule has 0 aliphatic carbocycles. The summed E-state index contributed by atoms with van der Waals surface area (Å²) < 4.78 is 32.8. The maximum absolute atomic E-state index is 12.6. The van der Waals surface area contributed by atoms with Gasteiger partial charge in [0.15, 0.2) is 6.10 Å². The Balaban J connectivity index is 4.08. The number of unbranched alkanes of at least 4 members (excludes halogenated alkanes) is 16. The number of hydrogen-bond donors (Lipinski definition) is 2. The fourth-order valence-corrected chi connectivity index (χ4v) is 7.39. The van der Waals surface area contributed by atoms with Crippen molar-refractivity contribution in [1.82, 2.24) is 0 Å². The standard InChI is InChI=1S/C56H94NO8P/c1-3-5-7-9-11-13-15-17-18-19-20-21-22-23-24-25-26-27-28-29-30-31-32-33-34-35-36-37-39-41-43-45-47-49-56(59)65-54(53-64-66(60,61)63-51-50-57)52-62-55(58)48-46-44-42-40-38-16-14-12-10-8-6-4-2/h5,7,11,13,17-18,20-21,23-24,26-27,29-30,32-33,35-36,54H,3-4,6,8-10,12,14-16,19,22,25,28,31,34,37-53,57H2,1-2H3,(H,60,61)/b7-5-,13-11-,18-17-,21-20-,24-23-,27-26-,30-29-,33-32-,36-35-. The summed E-state index contributed by atoms with van der Waals surface area (Å²) in [5.41, 5.74) is 5.36. The summed E-state index contributed by atoms with van der Waals surface area (Å²) in [4.78, 5) is 35.0. The Labute approximate surface area is 403 Å². The van der Waals surface area contributed by atoms with E-state index < -0.39 is 32.5 Å². The van der Waals surface area contributed by atoms with Crippen LogP contribution in [0, 0.1) is 0 Å². The number of esters is 2. The van der Waals surface area contributed by atoms with E-state index in [-0.39, 0.29) is 32.6 Å². The maximum Gasteiger partial charge on any atom is 0.472 e. The van der Waals surface area contributed by atoms with Gasteiger partial charge < -0.3 is 20.1 Å². The average molecular weight is 940 g/mol. The van der Waals surface area contributed by atoms with Crippen LogP contribution in [0.2, 0.25) is 0 Å². The smallest absolute Gasteiger partial charge is 0.462 e. The molecule has 3 N–H and O–H groups in total. The minimum Gasteiger partial charge on any atom is -0.462 e. The minimum atomic E-state index is -4.39. The van der Waals surface area contributed by atoms with Gasteiger partial charge in [0.2, 0.25) is 0 Å². The molecule has 0 aromatic heterocycles. The molecule has 0 spiro atoms. The molecule has 10 heteroatoms. The lowest BCUT2D eigenvalue weighted by Crippen LogP contribution is -2.29. The number of nitrogens with two attached hydrogens (primary N) is 1. The highest BCUT2D eigenvalue weighted by atomic mass is 31.2. The fraction of sp³-hybridized carbons (Fsp3) is 0.643. The van der Waals surface area contributed by atoms with Crippen LogP contribution in [-0.2, 0) is 32.7 Å². The second-order valence-electron chi connectivity index (χ2n) is 16.7. The Hall–Kier alpha value is -3.33. The molecular weight excluding hydrogens is 846 g/mol. The van der Waals surface area contributed by atoms with Gasteiger partial charge in [-0.2, -0.15) is 0 Å². The molecule has 0 aliphatic rings. The molecule has 0 fully saturated rings. The van der Waals surface area contributed by atoms with Gasteiger partial charge in [-0.3, -0.25) is 18.6 Å². The molecule has 2 unspecified atom stereocenters. The first-order valence-corrected chi connectivity index (χ1v) is 27.4. The lowest BCUT2D eigenvalue weighted by atomic mass is 10.0. The van der Waals surface area contributed by atoms with Crippen molar-refractivity contribution in [1.29, 1.82) is 0 Å². The van der Waals surface area contributed by atoms with E-state index in [9.17, 15) is 19.0 Å². The Morgan fingerprint density at radius 3 is 1.24 bits per heavy atom. The van der Waals surface area contributed by atoms with Gasteiger partial charge in [0.05, 0.1) is 13.2 Å². The van der Waals surface area contributed by atoms with E-state index in [2.05, 4.69) is 123 Å². The zero-order valence-electron chi connectivity index (χ0n) is 41.6. The highest BCUT2D eigenvalue weighted by Gasteiger charge is 2.26. The number of hydrogen-bond acceptors (Lipinski definition) is 8. The van der Waals surface area contributed by atoms with Gasteiger partial charge in [-0.05, 0) is 83.5 Å². The third-order valence-electron chi connectivity index (χ3n) is 10.4. The van der Waals surface area contributed by atoms with Crippen molar-refractivity contribution in [2.75, 3.05) is 26.4 Å². The summed E-state index contributed by atoms with van der Waals surface area (Å²) in [6.45, 7) is 3.58. The maximum atomic E-state index is 12.6. The van der Waals surface area contributed by atoms with Crippen molar-refractivity contribution < 1.29 is 37.6 Å². The molecule has 0 rings (SSSR count). The number of rotatable bonds is 47. The monoisotopic (exact) mass is 940 g/mol. The van der Waals surface area contributed by atoms with E-state index >= 15 is 0 Å². The Kier molecular flexibility index (Phi) is 48.5. The quantitative estimate of drug-likeness (QED) is 0.0265. The second kappa shape index (κ2) is 51.1. The molecule has 0 heterocycles. The highest BCUT2D eigenvalue weighted by molar-refractivity contribution is 7.47. The van der Waals surface area contributed by atoms with Crippen LogP contribution in [0.5, 0.6) is 0 Å². The van der Waals surface area contributed by atoms with Crippen LogP contribution in [0.25, 0.3) is 0 Å². The Morgan fingerprint density at radius 1 is 0.470 bits per heavy atom. The lowest BCUT2D eigenvalue weighted by molar-refractivity contribution is -0.161. The first kappa shape index (κ1) is 62.7. The van der Waals surface area contributed by atoms with E-state index in [0.717, 1.165) is 109 Å². The zero-order chi connectivity index (χ0) is 48.1. The van der Waals surface area contributed by atoms with Gasteiger partial charge in [-0.25, -0.2) is 4.57 Å². The fourth-order valence-electron chi connectivity index (χ4n) is 6.63. The molecule has 0 bridgehead atoms. The number of phosphoric ester groups is 1. The Bertz CT molecular complexity index is 1440. The van der Waals surface area contributed by atoms with E-state index in [1.54, 1.807) is 0 Å². The van der Waals surface area contributed by atoms with E-state index in [0.29, 0.717) is 6.42 Å². The molecule has 0 aromatic rings. The van der Waals surface area contributed by atoms with Crippen LogP contribution in [0.3, 0.4) is 0 Å². The number of allylic oxidation sites excluding steroid dienone is 18. The lowest BCUT2D eigenvalue weighted by Gasteiger charge is -2.19. The SMILES string of the molecule is CC/C=C\C/C=C\C/C=C\C/C=C\C/C=C\C/C=C\C/C=C\C/C=C\C/C=C\CCCCCCCC(=O)OC(COC(=O)CCCCCCCCCCCCCC)COP(=O)(O)OCCN. The summed E-state index contributed by atoms with van der Waals surface area (Å²) in [5, 5.41) is 0. The number of ether oxygens (including phenoxy) is 2. The first-order valence-electron chi connectivity index (χ1n) is 25.9. The van der Waals surface area contributed by atoms with Crippen molar-refractivity contribution in [3.8, 4) is 0 Å². The van der Waals surface area contributed by atoms with Gasteiger partial charge in [0.25, 0.3) is 0 Å². The molecule has 0 aliphatic heterocycles. The first-order chi connectivity index (χ1) is 32.3. The van der Waals surface area contributed by atoms with Gasteiger partial charge in [0, 0.05) is 19.4 Å². The number of carbonyl (C=O) groups is 2.